The number of hydrogen-bond acceptors (Lipinski definition) is 4. The van der Waals surface area contributed by atoms with Crippen LogP contribution in [0, 0.1) is 12.8 Å². The molecule has 1 atom stereocenters. The summed E-state index contributed by atoms with van der Waals surface area (Å²) >= 11 is 0. The van der Waals surface area contributed by atoms with E-state index in [1.807, 2.05) is 37.3 Å². The van der Waals surface area contributed by atoms with E-state index in [9.17, 15) is 4.79 Å². The first-order chi connectivity index (χ1) is 9.69. The topological polar surface area (TPSA) is 48.7 Å². The highest BCUT2D eigenvalue weighted by Gasteiger charge is 2.22. The van der Waals surface area contributed by atoms with Crippen LogP contribution in [0.4, 0.5) is 0 Å². The van der Waals surface area contributed by atoms with Gasteiger partial charge in [0, 0.05) is 6.42 Å². The molecule has 1 aromatic carbocycles. The normalized spacial score (nSPS) is 11.9. The Labute approximate surface area is 118 Å². The second kappa shape index (κ2) is 6.80. The van der Waals surface area contributed by atoms with Crippen molar-refractivity contribution >= 4 is 5.97 Å². The number of ether oxygens (including phenoxy) is 2. The molecule has 106 valence electrons. The van der Waals surface area contributed by atoms with Gasteiger partial charge in [0.15, 0.2) is 0 Å². The zero-order valence-corrected chi connectivity index (χ0v) is 11.7. The fourth-order valence-electron chi connectivity index (χ4n) is 1.95. The lowest BCUT2D eigenvalue weighted by Gasteiger charge is -2.14. The van der Waals surface area contributed by atoms with Crippen molar-refractivity contribution in [3.63, 3.8) is 0 Å². The second-order valence-corrected chi connectivity index (χ2v) is 4.63. The lowest BCUT2D eigenvalue weighted by Crippen LogP contribution is -2.25. The van der Waals surface area contributed by atoms with E-state index in [0.717, 1.165) is 17.1 Å². The average molecular weight is 274 g/mol. The van der Waals surface area contributed by atoms with Crippen LogP contribution >= 0.6 is 0 Å². The van der Waals surface area contributed by atoms with E-state index in [4.69, 9.17) is 13.9 Å². The van der Waals surface area contributed by atoms with Crippen LogP contribution in [0.1, 0.15) is 11.3 Å². The Morgan fingerprint density at radius 3 is 2.80 bits per heavy atom. The number of esters is 1. The standard InChI is InChI=1S/C16H18O4/c1-12-5-3-6-14(9-12)20-11-13(16(17)18-2)10-15-7-4-8-19-15/h3-9,13H,10-11H2,1-2H3. The molecule has 0 aliphatic rings. The van der Waals surface area contributed by atoms with Gasteiger partial charge in [-0.15, -0.1) is 0 Å². The van der Waals surface area contributed by atoms with Gasteiger partial charge < -0.3 is 13.9 Å². The molecule has 1 unspecified atom stereocenters. The van der Waals surface area contributed by atoms with Gasteiger partial charge >= 0.3 is 5.97 Å². The Kier molecular flexibility index (Phi) is 4.82. The van der Waals surface area contributed by atoms with Crippen molar-refractivity contribution < 1.29 is 18.7 Å². The Balaban J connectivity index is 1.99. The number of aryl methyl sites for hydroxylation is 1. The van der Waals surface area contributed by atoms with Gasteiger partial charge in [0.1, 0.15) is 18.1 Å². The van der Waals surface area contributed by atoms with E-state index in [-0.39, 0.29) is 18.5 Å². The van der Waals surface area contributed by atoms with Gasteiger partial charge in [-0.3, -0.25) is 4.79 Å². The minimum atomic E-state index is -0.383. The molecule has 0 spiro atoms. The number of benzene rings is 1. The van der Waals surface area contributed by atoms with Crippen LogP contribution in [0.5, 0.6) is 5.75 Å². The minimum Gasteiger partial charge on any atom is -0.493 e. The maximum absolute atomic E-state index is 11.8. The molecule has 0 bridgehead atoms. The second-order valence-electron chi connectivity index (χ2n) is 4.63. The fourth-order valence-corrected chi connectivity index (χ4v) is 1.95. The molecule has 1 heterocycles. The molecule has 0 amide bonds. The van der Waals surface area contributed by atoms with E-state index in [1.165, 1.54) is 7.11 Å². The summed E-state index contributed by atoms with van der Waals surface area (Å²) in [5.74, 6) is 0.812. The highest BCUT2D eigenvalue weighted by atomic mass is 16.5. The molecule has 0 saturated carbocycles. The van der Waals surface area contributed by atoms with Gasteiger partial charge in [-0.1, -0.05) is 12.1 Å². The minimum absolute atomic E-state index is 0.261. The summed E-state index contributed by atoms with van der Waals surface area (Å²) in [6.45, 7) is 2.25. The third-order valence-corrected chi connectivity index (χ3v) is 3.00. The molecule has 20 heavy (non-hydrogen) atoms. The largest absolute Gasteiger partial charge is 0.493 e. The number of carbonyl (C=O) groups excluding carboxylic acids is 1. The van der Waals surface area contributed by atoms with E-state index in [2.05, 4.69) is 0 Å². The lowest BCUT2D eigenvalue weighted by molar-refractivity contribution is -0.146. The van der Waals surface area contributed by atoms with Crippen molar-refractivity contribution in [2.45, 2.75) is 13.3 Å². The predicted molar refractivity (Wildman–Crippen MR) is 74.6 cm³/mol. The molecule has 0 aliphatic heterocycles. The van der Waals surface area contributed by atoms with Crippen LogP contribution in [0.3, 0.4) is 0 Å². The van der Waals surface area contributed by atoms with Gasteiger partial charge in [-0.25, -0.2) is 0 Å². The van der Waals surface area contributed by atoms with Crippen LogP contribution in [0.25, 0.3) is 0 Å². The van der Waals surface area contributed by atoms with Gasteiger partial charge in [0.05, 0.1) is 19.3 Å². The van der Waals surface area contributed by atoms with Crippen LogP contribution in [-0.4, -0.2) is 19.7 Å². The molecular formula is C16H18O4. The molecule has 0 radical (unpaired) electrons. The molecule has 2 aromatic rings. The number of methoxy groups -OCH3 is 1. The van der Waals surface area contributed by atoms with Gasteiger partial charge in [0.2, 0.25) is 0 Å². The Morgan fingerprint density at radius 1 is 1.30 bits per heavy atom. The molecular weight excluding hydrogens is 256 g/mol. The predicted octanol–water partition coefficient (Wildman–Crippen LogP) is 3.00. The monoisotopic (exact) mass is 274 g/mol. The lowest BCUT2D eigenvalue weighted by atomic mass is 10.1. The number of rotatable bonds is 6. The van der Waals surface area contributed by atoms with E-state index < -0.39 is 0 Å². The number of carbonyl (C=O) groups is 1. The van der Waals surface area contributed by atoms with Crippen molar-refractivity contribution in [1.82, 2.24) is 0 Å². The first-order valence-corrected chi connectivity index (χ1v) is 6.48. The van der Waals surface area contributed by atoms with E-state index in [0.29, 0.717) is 6.42 Å². The molecule has 0 aliphatic carbocycles. The number of furan rings is 1. The Morgan fingerprint density at radius 2 is 2.15 bits per heavy atom. The Hall–Kier alpha value is -2.23. The summed E-state index contributed by atoms with van der Waals surface area (Å²) in [4.78, 5) is 11.8. The maximum Gasteiger partial charge on any atom is 0.312 e. The summed E-state index contributed by atoms with van der Waals surface area (Å²) in [6, 6.07) is 11.3. The van der Waals surface area contributed by atoms with Crippen molar-refractivity contribution in [1.29, 1.82) is 0 Å². The SMILES string of the molecule is COC(=O)C(COc1cccc(C)c1)Cc1ccco1. The van der Waals surface area contributed by atoms with Crippen molar-refractivity contribution in [2.24, 2.45) is 5.92 Å². The first-order valence-electron chi connectivity index (χ1n) is 6.48. The third-order valence-electron chi connectivity index (χ3n) is 3.00. The van der Waals surface area contributed by atoms with Crippen LogP contribution < -0.4 is 4.74 Å². The molecule has 0 saturated heterocycles. The molecule has 2 rings (SSSR count). The molecule has 0 fully saturated rings. The number of hydrogen-bond donors (Lipinski definition) is 0. The highest BCUT2D eigenvalue weighted by Crippen LogP contribution is 2.16. The van der Waals surface area contributed by atoms with Crippen molar-refractivity contribution in [3.05, 3.63) is 54.0 Å². The molecule has 4 heteroatoms. The molecule has 4 nitrogen and oxygen atoms in total. The van der Waals surface area contributed by atoms with Crippen molar-refractivity contribution in [3.8, 4) is 5.75 Å². The smallest absolute Gasteiger partial charge is 0.312 e. The maximum atomic E-state index is 11.8. The van der Waals surface area contributed by atoms with Crippen LogP contribution in [0.15, 0.2) is 47.1 Å². The van der Waals surface area contributed by atoms with Crippen molar-refractivity contribution in [2.75, 3.05) is 13.7 Å². The van der Waals surface area contributed by atoms with Crippen LogP contribution in [-0.2, 0) is 16.0 Å². The summed E-state index contributed by atoms with van der Waals surface area (Å²) < 4.78 is 15.8. The fraction of sp³-hybridized carbons (Fsp3) is 0.312. The summed E-state index contributed by atoms with van der Waals surface area (Å²) in [6.07, 6.45) is 2.05. The van der Waals surface area contributed by atoms with Gasteiger partial charge in [-0.2, -0.15) is 0 Å². The summed E-state index contributed by atoms with van der Waals surface area (Å²) in [5, 5.41) is 0. The third kappa shape index (κ3) is 3.88. The molecule has 0 N–H and O–H groups in total. The molecule has 1 aromatic heterocycles. The van der Waals surface area contributed by atoms with E-state index >= 15 is 0 Å². The zero-order valence-electron chi connectivity index (χ0n) is 11.7. The quantitative estimate of drug-likeness (QED) is 0.760. The first kappa shape index (κ1) is 14.2. The van der Waals surface area contributed by atoms with E-state index in [1.54, 1.807) is 12.3 Å². The zero-order chi connectivity index (χ0) is 14.4. The van der Waals surface area contributed by atoms with Crippen LogP contribution in [0.2, 0.25) is 0 Å². The summed E-state index contributed by atoms with van der Waals surface area (Å²) in [5.41, 5.74) is 1.11. The average Bonchev–Trinajstić information content (AvgIpc) is 2.95. The van der Waals surface area contributed by atoms with Gasteiger partial charge in [0.25, 0.3) is 0 Å². The van der Waals surface area contributed by atoms with Gasteiger partial charge in [-0.05, 0) is 36.8 Å². The highest BCUT2D eigenvalue weighted by molar-refractivity contribution is 5.72. The summed E-state index contributed by atoms with van der Waals surface area (Å²) in [7, 11) is 1.38. The Bertz CT molecular complexity index is 545.